The number of ether oxygens (including phenoxy) is 5. The van der Waals surface area contributed by atoms with Crippen LogP contribution in [0.3, 0.4) is 0 Å². The number of anilines is 1. The van der Waals surface area contributed by atoms with Crippen molar-refractivity contribution in [2.75, 3.05) is 52.9 Å². The van der Waals surface area contributed by atoms with Crippen molar-refractivity contribution in [1.29, 1.82) is 0 Å². The summed E-state index contributed by atoms with van der Waals surface area (Å²) >= 11 is 0. The zero-order valence-electron chi connectivity index (χ0n) is 19.9. The molecule has 3 saturated heterocycles. The lowest BCUT2D eigenvalue weighted by Gasteiger charge is -2.61. The van der Waals surface area contributed by atoms with Crippen molar-refractivity contribution >= 4 is 11.7 Å². The third-order valence-electron chi connectivity index (χ3n) is 8.10. The summed E-state index contributed by atoms with van der Waals surface area (Å²) in [5.74, 6) is 0.785. The van der Waals surface area contributed by atoms with Gasteiger partial charge in [0.05, 0.1) is 58.0 Å². The van der Waals surface area contributed by atoms with Gasteiger partial charge in [-0.15, -0.1) is 0 Å². The monoisotopic (exact) mass is 458 g/mol. The number of methoxy groups -OCH3 is 3. The second-order valence-corrected chi connectivity index (χ2v) is 9.34. The van der Waals surface area contributed by atoms with Gasteiger partial charge in [-0.3, -0.25) is 4.90 Å². The summed E-state index contributed by atoms with van der Waals surface area (Å²) in [7, 11) is 4.69. The molecule has 4 aliphatic rings. The average molecular weight is 459 g/mol. The third-order valence-corrected chi connectivity index (χ3v) is 8.10. The summed E-state index contributed by atoms with van der Waals surface area (Å²) < 4.78 is 29.5. The smallest absolute Gasteiger partial charge is 0.337 e. The van der Waals surface area contributed by atoms with Crippen molar-refractivity contribution < 1.29 is 28.5 Å². The van der Waals surface area contributed by atoms with Crippen LogP contribution in [0.15, 0.2) is 30.0 Å². The Morgan fingerprint density at radius 2 is 2.09 bits per heavy atom. The molecule has 3 unspecified atom stereocenters. The van der Waals surface area contributed by atoms with Gasteiger partial charge < -0.3 is 29.0 Å². The summed E-state index contributed by atoms with van der Waals surface area (Å²) in [6.07, 6.45) is 4.06. The van der Waals surface area contributed by atoms with E-state index in [2.05, 4.69) is 23.2 Å². The molecule has 5 atom stereocenters. The zero-order chi connectivity index (χ0) is 23.2. The van der Waals surface area contributed by atoms with Gasteiger partial charge in [0.15, 0.2) is 5.72 Å². The van der Waals surface area contributed by atoms with Gasteiger partial charge in [-0.1, -0.05) is 19.4 Å². The van der Waals surface area contributed by atoms with Gasteiger partial charge in [0.1, 0.15) is 11.4 Å². The molecule has 4 aliphatic heterocycles. The molecule has 3 fully saturated rings. The molecule has 0 aromatic heterocycles. The van der Waals surface area contributed by atoms with E-state index in [1.165, 1.54) is 7.11 Å². The number of nitrogens with zero attached hydrogens (tertiary/aromatic N) is 1. The number of benzene rings is 1. The normalized spacial score (nSPS) is 35.4. The fraction of sp³-hybridized carbons (Fsp3) is 0.640. The Morgan fingerprint density at radius 3 is 2.82 bits per heavy atom. The first kappa shape index (κ1) is 22.5. The average Bonchev–Trinajstić information content (AvgIpc) is 3.18. The van der Waals surface area contributed by atoms with Crippen molar-refractivity contribution in [3.8, 4) is 5.75 Å². The van der Waals surface area contributed by atoms with Gasteiger partial charge >= 0.3 is 5.97 Å². The van der Waals surface area contributed by atoms with E-state index in [0.29, 0.717) is 24.7 Å². The van der Waals surface area contributed by atoms with Gasteiger partial charge in [0.2, 0.25) is 0 Å². The number of hydrogen-bond acceptors (Lipinski definition) is 8. The predicted molar refractivity (Wildman–Crippen MR) is 122 cm³/mol. The standard InChI is InChI=1S/C25H34N2O6/c1-5-16-14-27-10-9-24-22-19(7-6-8-20(22)30-3)26-25(24,33-12-11-32-24)21(27)13-17(16)18(15-29-2)23(28)31-4/h6-8,15-17,21,26H,5,9-14H2,1-4H3/t16-,17+,21?,24?,25?/m1/s1. The van der Waals surface area contributed by atoms with Crippen LogP contribution < -0.4 is 10.1 Å². The van der Waals surface area contributed by atoms with E-state index < -0.39 is 11.3 Å². The summed E-state index contributed by atoms with van der Waals surface area (Å²) in [5.41, 5.74) is 1.22. The van der Waals surface area contributed by atoms with E-state index in [9.17, 15) is 4.79 Å². The van der Waals surface area contributed by atoms with Crippen LogP contribution in [-0.4, -0.2) is 70.3 Å². The Bertz CT molecular complexity index is 951. The molecule has 8 heteroatoms. The Hall–Kier alpha value is -2.29. The molecule has 0 bridgehead atoms. The Balaban J connectivity index is 1.60. The van der Waals surface area contributed by atoms with Crippen molar-refractivity contribution in [1.82, 2.24) is 4.90 Å². The Kier molecular flexibility index (Phi) is 5.79. The van der Waals surface area contributed by atoms with Crippen LogP contribution in [0.1, 0.15) is 31.7 Å². The van der Waals surface area contributed by atoms with Gasteiger partial charge in [0, 0.05) is 18.8 Å². The molecule has 0 saturated carbocycles. The minimum Gasteiger partial charge on any atom is -0.504 e. The van der Waals surface area contributed by atoms with Crippen LogP contribution in [-0.2, 0) is 29.3 Å². The zero-order valence-corrected chi connectivity index (χ0v) is 19.9. The van der Waals surface area contributed by atoms with Crippen molar-refractivity contribution in [3.63, 3.8) is 0 Å². The molecule has 1 aromatic carbocycles. The number of nitrogens with one attached hydrogen (secondary N) is 1. The summed E-state index contributed by atoms with van der Waals surface area (Å²) in [5, 5.41) is 3.75. The maximum Gasteiger partial charge on any atom is 0.337 e. The molecule has 5 rings (SSSR count). The van der Waals surface area contributed by atoms with E-state index in [4.69, 9.17) is 23.7 Å². The predicted octanol–water partition coefficient (Wildman–Crippen LogP) is 2.88. The molecule has 4 heterocycles. The highest BCUT2D eigenvalue weighted by atomic mass is 16.6. The summed E-state index contributed by atoms with van der Waals surface area (Å²) in [4.78, 5) is 15.2. The third kappa shape index (κ3) is 3.11. The van der Waals surface area contributed by atoms with Crippen molar-refractivity contribution in [2.45, 2.75) is 43.6 Å². The molecule has 0 spiro atoms. The highest BCUT2D eigenvalue weighted by Gasteiger charge is 2.70. The van der Waals surface area contributed by atoms with Crippen molar-refractivity contribution in [2.24, 2.45) is 11.8 Å². The van der Waals surface area contributed by atoms with Gasteiger partial charge in [0.25, 0.3) is 0 Å². The summed E-state index contributed by atoms with van der Waals surface area (Å²) in [6.45, 7) is 4.99. The molecule has 180 valence electrons. The molecule has 1 aromatic rings. The topological polar surface area (TPSA) is 78.5 Å². The minimum absolute atomic E-state index is 0.00127. The molecule has 33 heavy (non-hydrogen) atoms. The minimum atomic E-state index is -0.758. The van der Waals surface area contributed by atoms with E-state index >= 15 is 0 Å². The molecule has 8 nitrogen and oxygen atoms in total. The Labute approximate surface area is 195 Å². The quantitative estimate of drug-likeness (QED) is 0.410. The van der Waals surface area contributed by atoms with Gasteiger partial charge in [-0.2, -0.15) is 0 Å². The number of esters is 1. The number of rotatable bonds is 5. The number of piperidine rings is 2. The van der Waals surface area contributed by atoms with E-state index in [-0.39, 0.29) is 17.9 Å². The highest BCUT2D eigenvalue weighted by molar-refractivity contribution is 5.88. The number of hydrogen-bond donors (Lipinski definition) is 1. The second kappa shape index (κ2) is 8.49. The van der Waals surface area contributed by atoms with E-state index in [0.717, 1.165) is 49.4 Å². The van der Waals surface area contributed by atoms with E-state index in [1.807, 2.05) is 12.1 Å². The lowest BCUT2D eigenvalue weighted by molar-refractivity contribution is -0.297. The molecular formula is C25H34N2O6. The molecule has 0 radical (unpaired) electrons. The van der Waals surface area contributed by atoms with Crippen LogP contribution >= 0.6 is 0 Å². The number of carbonyl (C=O) groups is 1. The number of carbonyl (C=O) groups excluding carboxylic acids is 1. The fourth-order valence-corrected chi connectivity index (χ4v) is 6.73. The van der Waals surface area contributed by atoms with Gasteiger partial charge in [-0.05, 0) is 36.8 Å². The first-order chi connectivity index (χ1) is 16.0. The lowest BCUT2D eigenvalue weighted by Crippen LogP contribution is -2.75. The SMILES string of the molecule is CC[C@@H]1CN2CCC34OCCOC3(Nc3cccc(OC)c34)C2C[C@@H]1C(=COC)C(=O)OC. The maximum absolute atomic E-state index is 12.7. The highest BCUT2D eigenvalue weighted by Crippen LogP contribution is 2.61. The largest absolute Gasteiger partial charge is 0.504 e. The van der Waals surface area contributed by atoms with Crippen LogP contribution in [0.5, 0.6) is 5.75 Å². The maximum atomic E-state index is 12.7. The molecular weight excluding hydrogens is 424 g/mol. The summed E-state index contributed by atoms with van der Waals surface area (Å²) in [6, 6.07) is 6.05. The first-order valence-corrected chi connectivity index (χ1v) is 11.8. The second-order valence-electron chi connectivity index (χ2n) is 9.34. The van der Waals surface area contributed by atoms with Crippen LogP contribution in [0.2, 0.25) is 0 Å². The molecule has 0 amide bonds. The van der Waals surface area contributed by atoms with Crippen LogP contribution in [0.4, 0.5) is 5.69 Å². The molecule has 0 aliphatic carbocycles. The lowest BCUT2D eigenvalue weighted by atomic mass is 9.67. The van der Waals surface area contributed by atoms with Crippen LogP contribution in [0, 0.1) is 11.8 Å². The van der Waals surface area contributed by atoms with Gasteiger partial charge in [-0.25, -0.2) is 4.79 Å². The fourth-order valence-electron chi connectivity index (χ4n) is 6.73. The molecule has 1 N–H and O–H groups in total. The Morgan fingerprint density at radius 1 is 1.27 bits per heavy atom. The van der Waals surface area contributed by atoms with Crippen LogP contribution in [0.25, 0.3) is 0 Å². The van der Waals surface area contributed by atoms with Crippen molar-refractivity contribution in [3.05, 3.63) is 35.6 Å². The first-order valence-electron chi connectivity index (χ1n) is 11.8. The number of fused-ring (bicyclic) bond motifs is 2. The van der Waals surface area contributed by atoms with E-state index in [1.54, 1.807) is 20.5 Å².